The maximum absolute atomic E-state index is 13.8. The summed E-state index contributed by atoms with van der Waals surface area (Å²) in [6.07, 6.45) is -4.66. The molecule has 0 radical (unpaired) electrons. The summed E-state index contributed by atoms with van der Waals surface area (Å²) in [5.74, 6) is -3.18. The Labute approximate surface area is 192 Å². The Morgan fingerprint density at radius 1 is 0.912 bits per heavy atom. The fraction of sp³-hybridized carbons (Fsp3) is 0.154. The van der Waals surface area contributed by atoms with Crippen LogP contribution in [0.3, 0.4) is 0 Å². The van der Waals surface area contributed by atoms with E-state index in [0.717, 1.165) is 29.2 Å². The SMILES string of the molecule is Cc1cc(/C(O)=C2\C(=O)C(=O)N(c3cccc(C(F)(F)F)c3)C2c2ccccc2C)ccc1F. The minimum atomic E-state index is -4.66. The van der Waals surface area contributed by atoms with E-state index in [4.69, 9.17) is 0 Å². The molecule has 0 aromatic heterocycles. The Kier molecular flexibility index (Phi) is 5.77. The number of ketones is 1. The molecule has 1 amide bonds. The monoisotopic (exact) mass is 469 g/mol. The lowest BCUT2D eigenvalue weighted by molar-refractivity contribution is -0.137. The molecule has 1 aliphatic rings. The van der Waals surface area contributed by atoms with Gasteiger partial charge in [-0.3, -0.25) is 14.5 Å². The smallest absolute Gasteiger partial charge is 0.416 e. The van der Waals surface area contributed by atoms with Gasteiger partial charge in [0.25, 0.3) is 11.7 Å². The topological polar surface area (TPSA) is 57.6 Å². The molecule has 1 heterocycles. The van der Waals surface area contributed by atoms with Gasteiger partial charge in [0.1, 0.15) is 11.6 Å². The molecule has 3 aromatic rings. The fourth-order valence-electron chi connectivity index (χ4n) is 4.07. The maximum atomic E-state index is 13.8. The Balaban J connectivity index is 1.98. The van der Waals surface area contributed by atoms with Gasteiger partial charge >= 0.3 is 6.18 Å². The summed E-state index contributed by atoms with van der Waals surface area (Å²) >= 11 is 0. The molecule has 174 valence electrons. The van der Waals surface area contributed by atoms with Crippen molar-refractivity contribution in [1.82, 2.24) is 0 Å². The van der Waals surface area contributed by atoms with E-state index in [0.29, 0.717) is 11.1 Å². The molecule has 3 aromatic carbocycles. The first-order valence-corrected chi connectivity index (χ1v) is 10.3. The highest BCUT2D eigenvalue weighted by Gasteiger charge is 2.47. The maximum Gasteiger partial charge on any atom is 0.416 e. The van der Waals surface area contributed by atoms with Crippen molar-refractivity contribution < 1.29 is 32.3 Å². The zero-order chi connectivity index (χ0) is 24.8. The minimum absolute atomic E-state index is 0.111. The van der Waals surface area contributed by atoms with Crippen LogP contribution in [-0.2, 0) is 15.8 Å². The first kappa shape index (κ1) is 23.2. The molecule has 1 N–H and O–H groups in total. The van der Waals surface area contributed by atoms with Gasteiger partial charge in [0.05, 0.1) is 17.2 Å². The van der Waals surface area contributed by atoms with Gasteiger partial charge < -0.3 is 5.11 Å². The number of hydrogen-bond donors (Lipinski definition) is 1. The summed E-state index contributed by atoms with van der Waals surface area (Å²) in [7, 11) is 0. The Morgan fingerprint density at radius 2 is 1.62 bits per heavy atom. The minimum Gasteiger partial charge on any atom is -0.507 e. The molecule has 0 bridgehead atoms. The molecule has 4 rings (SSSR count). The Morgan fingerprint density at radius 3 is 2.26 bits per heavy atom. The number of aliphatic hydroxyl groups excluding tert-OH is 1. The number of halogens is 4. The van der Waals surface area contributed by atoms with Crippen LogP contribution in [0.15, 0.2) is 72.3 Å². The van der Waals surface area contributed by atoms with E-state index in [9.17, 15) is 32.3 Å². The van der Waals surface area contributed by atoms with Gasteiger partial charge in [0.2, 0.25) is 0 Å². The molecule has 1 aliphatic heterocycles. The lowest BCUT2D eigenvalue weighted by Crippen LogP contribution is -2.30. The largest absolute Gasteiger partial charge is 0.507 e. The summed E-state index contributed by atoms with van der Waals surface area (Å²) in [6.45, 7) is 3.20. The predicted octanol–water partition coefficient (Wildman–Crippen LogP) is 6.09. The molecule has 0 spiro atoms. The van der Waals surface area contributed by atoms with Gasteiger partial charge in [0.15, 0.2) is 0 Å². The van der Waals surface area contributed by atoms with Gasteiger partial charge in [-0.1, -0.05) is 30.3 Å². The van der Waals surface area contributed by atoms with Crippen LogP contribution in [0, 0.1) is 19.7 Å². The van der Waals surface area contributed by atoms with Crippen LogP contribution in [0.4, 0.5) is 23.2 Å². The highest BCUT2D eigenvalue weighted by atomic mass is 19.4. The number of aliphatic hydroxyl groups is 1. The van der Waals surface area contributed by atoms with Crippen molar-refractivity contribution in [3.8, 4) is 0 Å². The quantitative estimate of drug-likeness (QED) is 0.219. The molecule has 1 unspecified atom stereocenters. The van der Waals surface area contributed by atoms with Crippen LogP contribution >= 0.6 is 0 Å². The van der Waals surface area contributed by atoms with E-state index in [2.05, 4.69) is 0 Å². The van der Waals surface area contributed by atoms with Crippen LogP contribution in [0.2, 0.25) is 0 Å². The summed E-state index contributed by atoms with van der Waals surface area (Å²) in [6, 6.07) is 13.4. The number of Topliss-reactive ketones (excluding diaryl/α,β-unsaturated/α-hetero) is 1. The van der Waals surface area contributed by atoms with E-state index in [1.165, 1.54) is 25.1 Å². The second kappa shape index (κ2) is 8.44. The normalized spacial score (nSPS) is 17.9. The van der Waals surface area contributed by atoms with Crippen LogP contribution in [0.5, 0.6) is 0 Å². The molecule has 0 saturated carbocycles. The third-order valence-corrected chi connectivity index (χ3v) is 5.81. The van der Waals surface area contributed by atoms with Gasteiger partial charge in [-0.2, -0.15) is 13.2 Å². The number of anilines is 1. The van der Waals surface area contributed by atoms with Crippen molar-refractivity contribution >= 4 is 23.1 Å². The summed E-state index contributed by atoms with van der Waals surface area (Å²) in [4.78, 5) is 27.2. The number of nitrogens with zero attached hydrogens (tertiary/aromatic N) is 1. The van der Waals surface area contributed by atoms with Gasteiger partial charge in [-0.05, 0) is 66.9 Å². The number of carbonyl (C=O) groups is 2. The van der Waals surface area contributed by atoms with Crippen molar-refractivity contribution in [3.05, 3.63) is 106 Å². The highest BCUT2D eigenvalue weighted by Crippen LogP contribution is 2.44. The number of rotatable bonds is 3. The molecule has 4 nitrogen and oxygen atoms in total. The molecule has 8 heteroatoms. The molecular formula is C26H19F4NO3. The van der Waals surface area contributed by atoms with Crippen LogP contribution < -0.4 is 4.90 Å². The van der Waals surface area contributed by atoms with E-state index in [1.807, 2.05) is 0 Å². The van der Waals surface area contributed by atoms with Crippen LogP contribution in [0.1, 0.15) is 33.9 Å². The van der Waals surface area contributed by atoms with E-state index in [-0.39, 0.29) is 22.4 Å². The standard InChI is InChI=1S/C26H19F4NO3/c1-14-6-3-4-9-19(14)22-21(23(32)16-10-11-20(27)15(2)12-16)24(33)25(34)31(22)18-8-5-7-17(13-18)26(28,29)30/h3-13,22,32H,1-2H3/b23-21+. The second-order valence-electron chi connectivity index (χ2n) is 8.04. The zero-order valence-electron chi connectivity index (χ0n) is 18.2. The summed E-state index contributed by atoms with van der Waals surface area (Å²) in [5, 5.41) is 11.1. The van der Waals surface area contributed by atoms with Crippen molar-refractivity contribution in [2.24, 2.45) is 0 Å². The Hall–Kier alpha value is -3.94. The van der Waals surface area contributed by atoms with Crippen LogP contribution in [0.25, 0.3) is 5.76 Å². The number of benzene rings is 3. The fourth-order valence-corrected chi connectivity index (χ4v) is 4.07. The summed E-state index contributed by atoms with van der Waals surface area (Å²) < 4.78 is 53.8. The number of amides is 1. The van der Waals surface area contributed by atoms with Crippen molar-refractivity contribution in [2.75, 3.05) is 4.90 Å². The predicted molar refractivity (Wildman–Crippen MR) is 119 cm³/mol. The van der Waals surface area contributed by atoms with Crippen LogP contribution in [-0.4, -0.2) is 16.8 Å². The second-order valence-corrected chi connectivity index (χ2v) is 8.04. The Bertz CT molecular complexity index is 1340. The van der Waals surface area contributed by atoms with E-state index in [1.54, 1.807) is 31.2 Å². The van der Waals surface area contributed by atoms with Crippen molar-refractivity contribution in [1.29, 1.82) is 0 Å². The lowest BCUT2D eigenvalue weighted by Gasteiger charge is -2.27. The molecule has 1 atom stereocenters. The van der Waals surface area contributed by atoms with Gasteiger partial charge in [-0.25, -0.2) is 4.39 Å². The molecule has 34 heavy (non-hydrogen) atoms. The zero-order valence-corrected chi connectivity index (χ0v) is 18.2. The van der Waals surface area contributed by atoms with Gasteiger partial charge in [0, 0.05) is 11.3 Å². The lowest BCUT2D eigenvalue weighted by atomic mass is 9.92. The molecule has 1 saturated heterocycles. The van der Waals surface area contributed by atoms with Gasteiger partial charge in [-0.15, -0.1) is 0 Å². The van der Waals surface area contributed by atoms with Crippen molar-refractivity contribution in [3.63, 3.8) is 0 Å². The number of aryl methyl sites for hydroxylation is 2. The number of hydrogen-bond acceptors (Lipinski definition) is 3. The number of alkyl halides is 3. The average molecular weight is 469 g/mol. The average Bonchev–Trinajstić information content (AvgIpc) is 3.05. The molecule has 1 fully saturated rings. The molecular weight excluding hydrogens is 450 g/mol. The highest BCUT2D eigenvalue weighted by molar-refractivity contribution is 6.51. The van der Waals surface area contributed by atoms with Crippen molar-refractivity contribution in [2.45, 2.75) is 26.1 Å². The molecule has 0 aliphatic carbocycles. The number of carbonyl (C=O) groups excluding carboxylic acids is 2. The first-order chi connectivity index (χ1) is 16.0. The summed E-state index contributed by atoms with van der Waals surface area (Å²) in [5.41, 5.74) is 0.0296. The van der Waals surface area contributed by atoms with E-state index < -0.39 is 41.0 Å². The van der Waals surface area contributed by atoms with E-state index >= 15 is 0 Å². The third kappa shape index (κ3) is 3.96. The third-order valence-electron chi connectivity index (χ3n) is 5.81. The first-order valence-electron chi connectivity index (χ1n) is 10.3.